The van der Waals surface area contributed by atoms with E-state index < -0.39 is 6.10 Å². The zero-order chi connectivity index (χ0) is 12.3. The average molecular weight is 265 g/mol. The maximum atomic E-state index is 10.2. The highest BCUT2D eigenvalue weighted by atomic mass is 35.5. The minimum Gasteiger partial charge on any atom is -0.384 e. The quantitative estimate of drug-likeness (QED) is 0.841. The van der Waals surface area contributed by atoms with Crippen molar-refractivity contribution >= 4 is 23.4 Å². The fourth-order valence-corrected chi connectivity index (χ4v) is 2.26. The Hall–Kier alpha value is -0.960. The number of rotatable bonds is 3. The highest BCUT2D eigenvalue weighted by Crippen LogP contribution is 2.25. The van der Waals surface area contributed by atoms with Crippen LogP contribution in [0.5, 0.6) is 0 Å². The molecule has 0 heterocycles. The molecule has 2 aromatic rings. The van der Waals surface area contributed by atoms with Crippen molar-refractivity contribution in [3.63, 3.8) is 0 Å². The van der Waals surface area contributed by atoms with Gasteiger partial charge in [-0.1, -0.05) is 35.9 Å². The van der Waals surface area contributed by atoms with Crippen LogP contribution >= 0.6 is 23.4 Å². The standard InChI is InChI=1S/C14H13ClOS/c1-17-13-7-5-10(6-8-13)14(16)11-3-2-4-12(15)9-11/h2-9,14,16H,1H3/t14-/m0/s1. The summed E-state index contributed by atoms with van der Waals surface area (Å²) < 4.78 is 0. The molecule has 0 saturated heterocycles. The van der Waals surface area contributed by atoms with E-state index in [4.69, 9.17) is 11.6 Å². The van der Waals surface area contributed by atoms with Gasteiger partial charge in [-0.05, 0) is 41.6 Å². The molecule has 0 amide bonds. The number of hydrogen-bond donors (Lipinski definition) is 1. The first-order valence-corrected chi connectivity index (χ1v) is 6.88. The van der Waals surface area contributed by atoms with E-state index in [0.29, 0.717) is 5.02 Å². The van der Waals surface area contributed by atoms with E-state index in [2.05, 4.69) is 0 Å². The van der Waals surface area contributed by atoms with Crippen molar-refractivity contribution in [3.05, 3.63) is 64.7 Å². The third-order valence-electron chi connectivity index (χ3n) is 2.60. The number of thioether (sulfide) groups is 1. The fraction of sp³-hybridized carbons (Fsp3) is 0.143. The van der Waals surface area contributed by atoms with Crippen molar-refractivity contribution in [1.82, 2.24) is 0 Å². The first-order chi connectivity index (χ1) is 8.20. The van der Waals surface area contributed by atoms with Crippen molar-refractivity contribution in [1.29, 1.82) is 0 Å². The number of halogens is 1. The van der Waals surface area contributed by atoms with Crippen molar-refractivity contribution in [3.8, 4) is 0 Å². The summed E-state index contributed by atoms with van der Waals surface area (Å²) in [5, 5.41) is 10.9. The number of benzene rings is 2. The topological polar surface area (TPSA) is 20.2 Å². The van der Waals surface area contributed by atoms with E-state index >= 15 is 0 Å². The van der Waals surface area contributed by atoms with Gasteiger partial charge >= 0.3 is 0 Å². The van der Waals surface area contributed by atoms with Gasteiger partial charge in [0.15, 0.2) is 0 Å². The summed E-state index contributed by atoms with van der Waals surface area (Å²) in [6, 6.07) is 15.2. The van der Waals surface area contributed by atoms with Crippen LogP contribution in [0.3, 0.4) is 0 Å². The van der Waals surface area contributed by atoms with Crippen LogP contribution in [0.2, 0.25) is 5.02 Å². The Bertz CT molecular complexity index is 496. The Morgan fingerprint density at radius 3 is 2.35 bits per heavy atom. The highest BCUT2D eigenvalue weighted by Gasteiger charge is 2.10. The largest absolute Gasteiger partial charge is 0.384 e. The SMILES string of the molecule is CSc1ccc([C@H](O)c2cccc(Cl)c2)cc1. The summed E-state index contributed by atoms with van der Waals surface area (Å²) in [6.07, 6.45) is 1.41. The van der Waals surface area contributed by atoms with Crippen molar-refractivity contribution < 1.29 is 5.11 Å². The molecule has 17 heavy (non-hydrogen) atoms. The van der Waals surface area contributed by atoms with E-state index in [1.54, 1.807) is 23.9 Å². The smallest absolute Gasteiger partial charge is 0.104 e. The Morgan fingerprint density at radius 2 is 1.76 bits per heavy atom. The normalized spacial score (nSPS) is 12.4. The molecule has 1 atom stereocenters. The molecule has 0 bridgehead atoms. The Kier molecular flexibility index (Phi) is 4.11. The second-order valence-electron chi connectivity index (χ2n) is 3.73. The molecule has 0 aliphatic carbocycles. The molecule has 0 aromatic heterocycles. The predicted octanol–water partition coefficient (Wildman–Crippen LogP) is 4.14. The molecule has 0 unspecified atom stereocenters. The monoisotopic (exact) mass is 264 g/mol. The summed E-state index contributed by atoms with van der Waals surface area (Å²) >= 11 is 7.59. The minimum atomic E-state index is -0.621. The van der Waals surface area contributed by atoms with E-state index in [-0.39, 0.29) is 0 Å². The molecule has 2 rings (SSSR count). The zero-order valence-corrected chi connectivity index (χ0v) is 11.0. The molecule has 0 aliphatic heterocycles. The number of aliphatic hydroxyl groups excluding tert-OH is 1. The fourth-order valence-electron chi connectivity index (χ4n) is 1.66. The lowest BCUT2D eigenvalue weighted by Crippen LogP contribution is -1.99. The van der Waals surface area contributed by atoms with Gasteiger partial charge in [0.1, 0.15) is 6.10 Å². The van der Waals surface area contributed by atoms with Crippen molar-refractivity contribution in [2.75, 3.05) is 6.26 Å². The predicted molar refractivity (Wildman–Crippen MR) is 73.7 cm³/mol. The molecular weight excluding hydrogens is 252 g/mol. The summed E-state index contributed by atoms with van der Waals surface area (Å²) in [5.41, 5.74) is 1.69. The maximum Gasteiger partial charge on any atom is 0.104 e. The summed E-state index contributed by atoms with van der Waals surface area (Å²) in [5.74, 6) is 0. The lowest BCUT2D eigenvalue weighted by Gasteiger charge is -2.12. The van der Waals surface area contributed by atoms with Gasteiger partial charge in [0.25, 0.3) is 0 Å². The lowest BCUT2D eigenvalue weighted by molar-refractivity contribution is 0.220. The van der Waals surface area contributed by atoms with Crippen LogP contribution in [0.15, 0.2) is 53.4 Å². The van der Waals surface area contributed by atoms with Gasteiger partial charge in [-0.15, -0.1) is 11.8 Å². The Balaban J connectivity index is 2.27. The molecular formula is C14H13ClOS. The minimum absolute atomic E-state index is 0.621. The van der Waals surface area contributed by atoms with E-state index in [1.807, 2.05) is 42.7 Å². The van der Waals surface area contributed by atoms with Crippen LogP contribution in [-0.4, -0.2) is 11.4 Å². The Morgan fingerprint density at radius 1 is 1.06 bits per heavy atom. The molecule has 0 radical (unpaired) electrons. The molecule has 1 N–H and O–H groups in total. The van der Waals surface area contributed by atoms with Gasteiger partial charge in [0.05, 0.1) is 0 Å². The van der Waals surface area contributed by atoms with Gasteiger partial charge < -0.3 is 5.11 Å². The first kappa shape index (κ1) is 12.5. The molecule has 1 nitrogen and oxygen atoms in total. The number of hydrogen-bond acceptors (Lipinski definition) is 2. The highest BCUT2D eigenvalue weighted by molar-refractivity contribution is 7.98. The van der Waals surface area contributed by atoms with Crippen LogP contribution in [-0.2, 0) is 0 Å². The average Bonchev–Trinajstić information content (AvgIpc) is 2.38. The molecule has 0 fully saturated rings. The lowest BCUT2D eigenvalue weighted by atomic mass is 10.0. The van der Waals surface area contributed by atoms with Gasteiger partial charge in [-0.2, -0.15) is 0 Å². The van der Waals surface area contributed by atoms with Crippen LogP contribution in [0.1, 0.15) is 17.2 Å². The molecule has 2 aromatic carbocycles. The van der Waals surface area contributed by atoms with Crippen LogP contribution in [0.25, 0.3) is 0 Å². The third kappa shape index (κ3) is 3.03. The molecule has 0 aliphatic rings. The number of aliphatic hydroxyl groups is 1. The third-order valence-corrected chi connectivity index (χ3v) is 3.57. The second-order valence-corrected chi connectivity index (χ2v) is 5.05. The Labute approximate surface area is 110 Å². The molecule has 0 saturated carbocycles. The van der Waals surface area contributed by atoms with Gasteiger partial charge in [-0.25, -0.2) is 0 Å². The summed E-state index contributed by atoms with van der Waals surface area (Å²) in [6.45, 7) is 0. The summed E-state index contributed by atoms with van der Waals surface area (Å²) in [4.78, 5) is 1.19. The second kappa shape index (κ2) is 5.58. The first-order valence-electron chi connectivity index (χ1n) is 5.28. The van der Waals surface area contributed by atoms with Gasteiger partial charge in [0.2, 0.25) is 0 Å². The zero-order valence-electron chi connectivity index (χ0n) is 9.43. The van der Waals surface area contributed by atoms with Gasteiger partial charge in [0, 0.05) is 9.92 Å². The summed E-state index contributed by atoms with van der Waals surface area (Å²) in [7, 11) is 0. The van der Waals surface area contributed by atoms with E-state index in [0.717, 1.165) is 11.1 Å². The van der Waals surface area contributed by atoms with E-state index in [1.165, 1.54) is 4.90 Å². The van der Waals surface area contributed by atoms with Crippen molar-refractivity contribution in [2.45, 2.75) is 11.0 Å². The van der Waals surface area contributed by atoms with Crippen LogP contribution < -0.4 is 0 Å². The maximum absolute atomic E-state index is 10.2. The van der Waals surface area contributed by atoms with Gasteiger partial charge in [-0.3, -0.25) is 0 Å². The van der Waals surface area contributed by atoms with Crippen LogP contribution in [0.4, 0.5) is 0 Å². The molecule has 3 heteroatoms. The van der Waals surface area contributed by atoms with Crippen LogP contribution in [0, 0.1) is 0 Å². The van der Waals surface area contributed by atoms with Crippen molar-refractivity contribution in [2.24, 2.45) is 0 Å². The van der Waals surface area contributed by atoms with E-state index in [9.17, 15) is 5.11 Å². The molecule has 88 valence electrons. The molecule has 0 spiro atoms.